The minimum Gasteiger partial charge on any atom is -0.179 e. The van der Waals surface area contributed by atoms with E-state index < -0.39 is 0 Å². The molecular weight excluding hydrogens is 290 g/mol. The van der Waals surface area contributed by atoms with Gasteiger partial charge < -0.3 is 0 Å². The second-order valence-electron chi connectivity index (χ2n) is 2.87. The van der Waals surface area contributed by atoms with Crippen molar-refractivity contribution in [2.24, 2.45) is 0 Å². The van der Waals surface area contributed by atoms with Gasteiger partial charge in [0.05, 0.1) is 0 Å². The van der Waals surface area contributed by atoms with E-state index in [1.54, 1.807) is 22.5 Å². The molecule has 4 radical (unpaired) electrons. The van der Waals surface area contributed by atoms with E-state index in [9.17, 15) is 0 Å². The summed E-state index contributed by atoms with van der Waals surface area (Å²) in [4.78, 5) is 0. The van der Waals surface area contributed by atoms with Gasteiger partial charge in [0.25, 0.3) is 0 Å². The van der Waals surface area contributed by atoms with Crippen molar-refractivity contribution in [1.82, 2.24) is 0 Å². The van der Waals surface area contributed by atoms with Crippen LogP contribution in [-0.4, -0.2) is 32.1 Å². The smallest absolute Gasteiger partial charge is 0.128 e. The van der Waals surface area contributed by atoms with E-state index in [0.717, 1.165) is 0 Å². The molecule has 12 heavy (non-hydrogen) atoms. The zero-order valence-corrected chi connectivity index (χ0v) is 13.3. The van der Waals surface area contributed by atoms with Gasteiger partial charge in [0.1, 0.15) is 9.55 Å². The summed E-state index contributed by atoms with van der Waals surface area (Å²) < 4.78 is 1.46. The number of rotatable bonds is 7. The summed E-state index contributed by atoms with van der Waals surface area (Å²) >= 11 is 6.38. The Hall–Kier alpha value is 1.31. The molecule has 0 aliphatic carbocycles. The van der Waals surface area contributed by atoms with Crippen LogP contribution in [0, 0.1) is 0 Å². The summed E-state index contributed by atoms with van der Waals surface area (Å²) in [6.07, 6.45) is 10.2. The molecule has 0 atom stereocenters. The van der Waals surface area contributed by atoms with Crippen molar-refractivity contribution in [3.05, 3.63) is 0 Å². The average molecular weight is 312 g/mol. The Balaban J connectivity index is 0. The van der Waals surface area contributed by atoms with Crippen molar-refractivity contribution in [3.8, 4) is 0 Å². The van der Waals surface area contributed by atoms with Gasteiger partial charge in [-0.2, -0.15) is 11.1 Å². The van der Waals surface area contributed by atoms with Crippen LogP contribution in [-0.2, 0) is 0 Å². The maximum Gasteiger partial charge on any atom is 0.128 e. The normalized spacial score (nSPS) is 9.00. The van der Waals surface area contributed by atoms with Crippen molar-refractivity contribution in [2.45, 2.75) is 56.3 Å². The average Bonchev–Trinajstić information content (AvgIpc) is 2.15. The maximum atomic E-state index is 4.67. The van der Waals surface area contributed by atoms with Gasteiger partial charge in [0.15, 0.2) is 0 Å². The summed E-state index contributed by atoms with van der Waals surface area (Å²) in [5, 5.41) is 0. The topological polar surface area (TPSA) is 0 Å². The molecule has 0 bridgehead atoms. The molecule has 0 spiro atoms. The van der Waals surface area contributed by atoms with Crippen LogP contribution >= 0.6 is 11.1 Å². The summed E-state index contributed by atoms with van der Waals surface area (Å²) in [5.41, 5.74) is 0. The van der Waals surface area contributed by atoms with E-state index in [1.807, 2.05) is 0 Å². The van der Waals surface area contributed by atoms with Gasteiger partial charge in [-0.15, -0.1) is 0 Å². The summed E-state index contributed by atoms with van der Waals surface area (Å²) in [6, 6.07) is 0. The van der Waals surface area contributed by atoms with Crippen LogP contribution in [0.25, 0.3) is 0 Å². The molecule has 0 saturated carbocycles. The number of unbranched alkanes of at least 4 members (excludes halogenated alkanes) is 6. The third-order valence-electron chi connectivity index (χ3n) is 1.78. The summed E-state index contributed by atoms with van der Waals surface area (Å²) in [5.74, 6) is 0. The van der Waals surface area contributed by atoms with Crippen molar-refractivity contribution < 1.29 is 0 Å². The predicted molar refractivity (Wildman–Crippen MR) is 63.0 cm³/mol. The van der Waals surface area contributed by atoms with Gasteiger partial charge in [-0.05, 0) is 0 Å². The number of hydrogen-bond donors (Lipinski definition) is 0. The molecule has 0 aromatic carbocycles. The Morgan fingerprint density at radius 3 is 1.75 bits per heavy atom. The molecule has 0 N–H and O–H groups in total. The standard InChI is InChI=1S/C9H19.ClH2Si.Sn/c1-3-5-7-9-8-6-4-2;1-2;/h1,3-9H2,2H3;2H2;. The first-order valence-electron chi connectivity index (χ1n) is 4.83. The molecular formula is C9H21ClSiSn. The summed E-state index contributed by atoms with van der Waals surface area (Å²) in [6.45, 7) is 2.27. The Bertz CT molecular complexity index is 54.5. The Labute approximate surface area is 99.1 Å². The Morgan fingerprint density at radius 2 is 1.33 bits per heavy atom. The molecule has 3 heteroatoms. The van der Waals surface area contributed by atoms with E-state index in [0.29, 0.717) is 0 Å². The van der Waals surface area contributed by atoms with Gasteiger partial charge in [0, 0.05) is 0 Å². The van der Waals surface area contributed by atoms with Crippen LogP contribution < -0.4 is 0 Å². The van der Waals surface area contributed by atoms with E-state index in [4.69, 9.17) is 0 Å². The van der Waals surface area contributed by atoms with Gasteiger partial charge in [0.2, 0.25) is 0 Å². The molecule has 0 aliphatic heterocycles. The zero-order valence-electron chi connectivity index (χ0n) is 8.24. The van der Waals surface area contributed by atoms with Crippen molar-refractivity contribution in [3.63, 3.8) is 0 Å². The van der Waals surface area contributed by atoms with Crippen LogP contribution in [0.2, 0.25) is 4.44 Å². The first-order chi connectivity index (χ1) is 5.91. The zero-order chi connectivity index (χ0) is 9.66. The van der Waals surface area contributed by atoms with Crippen molar-refractivity contribution in [1.29, 1.82) is 0 Å². The van der Waals surface area contributed by atoms with E-state index in [1.165, 1.54) is 58.9 Å². The molecule has 0 aromatic rings. The third-order valence-corrected chi connectivity index (χ3v) is 2.79. The molecule has 72 valence electrons. The fraction of sp³-hybridized carbons (Fsp3) is 1.00. The van der Waals surface area contributed by atoms with E-state index in [-0.39, 0.29) is 0 Å². The Kier molecular flexibility index (Phi) is 23.9. The molecule has 0 saturated heterocycles. The number of halogens is 1. The second kappa shape index (κ2) is 18.2. The van der Waals surface area contributed by atoms with Crippen LogP contribution in [0.1, 0.15) is 51.9 Å². The van der Waals surface area contributed by atoms with Crippen LogP contribution in [0.15, 0.2) is 0 Å². The van der Waals surface area contributed by atoms with E-state index in [2.05, 4.69) is 18.0 Å². The largest absolute Gasteiger partial charge is 0.179 e. The molecule has 0 rings (SSSR count). The first-order valence-corrected chi connectivity index (χ1v) is 8.98. The fourth-order valence-electron chi connectivity index (χ4n) is 1.08. The van der Waals surface area contributed by atoms with Crippen molar-refractivity contribution in [2.75, 3.05) is 0 Å². The predicted octanol–water partition coefficient (Wildman–Crippen LogP) is 3.10. The monoisotopic (exact) mass is 312 g/mol. The minimum absolute atomic E-state index is 1.33. The molecule has 0 aromatic heterocycles. The quantitative estimate of drug-likeness (QED) is 0.385. The maximum absolute atomic E-state index is 4.67. The minimum atomic E-state index is 1.33. The molecule has 0 aliphatic rings. The molecule has 0 unspecified atom stereocenters. The first kappa shape index (κ1) is 15.8. The molecule has 0 nitrogen and oxygen atoms in total. The van der Waals surface area contributed by atoms with E-state index >= 15 is 0 Å². The fourth-order valence-corrected chi connectivity index (χ4v) is 1.80. The molecule has 0 heterocycles. The molecule has 0 amide bonds. The van der Waals surface area contributed by atoms with Gasteiger partial charge in [-0.3, -0.25) is 0 Å². The van der Waals surface area contributed by atoms with Crippen LogP contribution in [0.4, 0.5) is 0 Å². The molecule has 0 fully saturated rings. The van der Waals surface area contributed by atoms with Crippen molar-refractivity contribution >= 4 is 43.2 Å². The van der Waals surface area contributed by atoms with Crippen LogP contribution in [0.5, 0.6) is 0 Å². The van der Waals surface area contributed by atoms with Gasteiger partial charge in [-0.1, -0.05) is 0 Å². The van der Waals surface area contributed by atoms with Crippen LogP contribution in [0.3, 0.4) is 0 Å². The van der Waals surface area contributed by atoms with Gasteiger partial charge in [-0.25, -0.2) is 0 Å². The Morgan fingerprint density at radius 1 is 0.917 bits per heavy atom. The summed E-state index contributed by atoms with van der Waals surface area (Å²) in [7, 11) is 1.33. The SMILES string of the molecule is CCCCCCCC[CH2][Sn].[SiH2]Cl. The second-order valence-corrected chi connectivity index (χ2v) is 4.30. The van der Waals surface area contributed by atoms with Gasteiger partial charge >= 0.3 is 78.8 Å². The number of hydrogen-bond acceptors (Lipinski definition) is 0. The third kappa shape index (κ3) is 17.4.